The highest BCUT2D eigenvalue weighted by Crippen LogP contribution is 2.29. The Labute approximate surface area is 238 Å². The summed E-state index contributed by atoms with van der Waals surface area (Å²) < 4.78 is 48.9. The number of halogens is 3. The molecule has 0 radical (unpaired) electrons. The fourth-order valence-corrected chi connectivity index (χ4v) is 5.33. The van der Waals surface area contributed by atoms with Crippen molar-refractivity contribution in [1.82, 2.24) is 14.0 Å². The summed E-state index contributed by atoms with van der Waals surface area (Å²) in [6.07, 6.45) is -0.0474. The largest absolute Gasteiger partial charge is 0.482 e. The molecule has 1 aliphatic heterocycles. The quantitative estimate of drug-likeness (QED) is 0.276. The standard InChI is InChI=1S/C31H27F3N4O4/c32-15-24(16-33)42-29-13-26-28(14-27(29)34)38(23-8-10-36(19-39)11-9-23)31(41)37(30(26)40)18-20-6-7-25(22(12-20)17-35)21-4-2-1-3-5-21/h1-7,12-14,19,23-24H,8-11,15-16,18H2. The van der Waals surface area contributed by atoms with E-state index >= 15 is 4.39 Å². The number of alkyl halides is 2. The number of fused-ring (bicyclic) bond motifs is 1. The van der Waals surface area contributed by atoms with Crippen molar-refractivity contribution in [3.63, 3.8) is 0 Å². The molecule has 0 bridgehead atoms. The SMILES string of the molecule is N#Cc1cc(Cn2c(=O)c3cc(OC(CF)CF)c(F)cc3n(C3CCN(C=O)CC3)c2=O)ccc1-c1ccccc1. The Hall–Kier alpha value is -4.85. The first-order valence-corrected chi connectivity index (χ1v) is 13.4. The van der Waals surface area contributed by atoms with Gasteiger partial charge in [0.15, 0.2) is 17.7 Å². The van der Waals surface area contributed by atoms with E-state index in [1.54, 1.807) is 23.1 Å². The van der Waals surface area contributed by atoms with Crippen molar-refractivity contribution >= 4 is 17.3 Å². The topological polar surface area (TPSA) is 97.3 Å². The number of carbonyl (C=O) groups is 1. The molecule has 0 saturated carbocycles. The lowest BCUT2D eigenvalue weighted by molar-refractivity contribution is -0.119. The van der Waals surface area contributed by atoms with Gasteiger partial charge in [-0.2, -0.15) is 5.26 Å². The number of hydrogen-bond acceptors (Lipinski definition) is 5. The van der Waals surface area contributed by atoms with Crippen LogP contribution in [0.1, 0.15) is 30.0 Å². The number of piperidine rings is 1. The van der Waals surface area contributed by atoms with Gasteiger partial charge in [0.05, 0.1) is 29.1 Å². The monoisotopic (exact) mass is 576 g/mol. The lowest BCUT2D eigenvalue weighted by Gasteiger charge is -2.31. The Morgan fingerprint density at radius 3 is 2.38 bits per heavy atom. The molecule has 1 amide bonds. The second-order valence-corrected chi connectivity index (χ2v) is 10.1. The summed E-state index contributed by atoms with van der Waals surface area (Å²) in [6, 6.07) is 18.1. The normalized spacial score (nSPS) is 13.8. The molecule has 11 heteroatoms. The van der Waals surface area contributed by atoms with Crippen LogP contribution in [0.3, 0.4) is 0 Å². The van der Waals surface area contributed by atoms with Gasteiger partial charge >= 0.3 is 5.69 Å². The summed E-state index contributed by atoms with van der Waals surface area (Å²) in [4.78, 5) is 40.4. The van der Waals surface area contributed by atoms with Gasteiger partial charge in [-0.25, -0.2) is 18.0 Å². The Kier molecular flexibility index (Phi) is 8.43. The van der Waals surface area contributed by atoms with E-state index in [0.29, 0.717) is 42.6 Å². The Bertz CT molecular complexity index is 1770. The third-order valence-electron chi connectivity index (χ3n) is 7.50. The van der Waals surface area contributed by atoms with Crippen LogP contribution < -0.4 is 16.0 Å². The van der Waals surface area contributed by atoms with Crippen molar-refractivity contribution in [3.05, 3.63) is 98.4 Å². The number of aromatic nitrogens is 2. The fourth-order valence-electron chi connectivity index (χ4n) is 5.33. The molecule has 3 aromatic carbocycles. The van der Waals surface area contributed by atoms with Crippen molar-refractivity contribution in [2.75, 3.05) is 26.4 Å². The summed E-state index contributed by atoms with van der Waals surface area (Å²) in [5.41, 5.74) is 0.993. The third-order valence-corrected chi connectivity index (χ3v) is 7.50. The zero-order valence-electron chi connectivity index (χ0n) is 22.5. The molecule has 5 rings (SSSR count). The fraction of sp³-hybridized carbons (Fsp3) is 0.290. The Morgan fingerprint density at radius 1 is 1.02 bits per heavy atom. The second kappa shape index (κ2) is 12.3. The van der Waals surface area contributed by atoms with E-state index in [9.17, 15) is 28.4 Å². The van der Waals surface area contributed by atoms with Gasteiger partial charge in [-0.05, 0) is 41.7 Å². The molecule has 216 valence electrons. The van der Waals surface area contributed by atoms with Gasteiger partial charge in [0.2, 0.25) is 6.41 Å². The molecule has 8 nitrogen and oxygen atoms in total. The van der Waals surface area contributed by atoms with Crippen LogP contribution in [0.4, 0.5) is 13.2 Å². The van der Waals surface area contributed by atoms with Crippen LogP contribution in [-0.2, 0) is 11.3 Å². The van der Waals surface area contributed by atoms with Gasteiger partial charge in [-0.15, -0.1) is 0 Å². The number of ether oxygens (including phenoxy) is 1. The number of rotatable bonds is 9. The van der Waals surface area contributed by atoms with Gasteiger partial charge < -0.3 is 9.64 Å². The van der Waals surface area contributed by atoms with E-state index in [4.69, 9.17) is 4.74 Å². The minimum absolute atomic E-state index is 0.0184. The van der Waals surface area contributed by atoms with E-state index in [1.807, 2.05) is 30.3 Å². The summed E-state index contributed by atoms with van der Waals surface area (Å²) in [7, 11) is 0. The molecule has 1 fully saturated rings. The van der Waals surface area contributed by atoms with Gasteiger partial charge in [0.1, 0.15) is 13.3 Å². The highest BCUT2D eigenvalue weighted by Gasteiger charge is 2.26. The van der Waals surface area contributed by atoms with Gasteiger partial charge in [0, 0.05) is 25.2 Å². The molecular formula is C31H27F3N4O4. The maximum absolute atomic E-state index is 15.1. The molecule has 1 saturated heterocycles. The van der Waals surface area contributed by atoms with Crippen molar-refractivity contribution in [1.29, 1.82) is 5.26 Å². The second-order valence-electron chi connectivity index (χ2n) is 10.1. The highest BCUT2D eigenvalue weighted by atomic mass is 19.1. The zero-order valence-corrected chi connectivity index (χ0v) is 22.5. The number of nitriles is 1. The molecule has 0 N–H and O–H groups in total. The van der Waals surface area contributed by atoms with Crippen LogP contribution in [0.2, 0.25) is 0 Å². The van der Waals surface area contributed by atoms with E-state index in [2.05, 4.69) is 6.07 Å². The Morgan fingerprint density at radius 2 is 1.74 bits per heavy atom. The van der Waals surface area contributed by atoms with Crippen molar-refractivity contribution in [2.24, 2.45) is 0 Å². The van der Waals surface area contributed by atoms with Crippen LogP contribution in [0.25, 0.3) is 22.0 Å². The molecule has 1 aromatic heterocycles. The lowest BCUT2D eigenvalue weighted by atomic mass is 9.98. The molecule has 2 heterocycles. The number of likely N-dealkylation sites (tertiary alicyclic amines) is 1. The summed E-state index contributed by atoms with van der Waals surface area (Å²) in [6.45, 7) is -1.85. The summed E-state index contributed by atoms with van der Waals surface area (Å²) >= 11 is 0. The van der Waals surface area contributed by atoms with Gasteiger partial charge in [-0.3, -0.25) is 18.7 Å². The molecule has 0 atom stereocenters. The summed E-state index contributed by atoms with van der Waals surface area (Å²) in [5.74, 6) is -1.48. The van der Waals surface area contributed by atoms with Crippen LogP contribution in [0, 0.1) is 17.1 Å². The van der Waals surface area contributed by atoms with Gasteiger partial charge in [-0.1, -0.05) is 42.5 Å². The number of amides is 1. The van der Waals surface area contributed by atoms with E-state index in [1.165, 1.54) is 4.57 Å². The van der Waals surface area contributed by atoms with Crippen molar-refractivity contribution in [2.45, 2.75) is 31.5 Å². The maximum atomic E-state index is 15.1. The van der Waals surface area contributed by atoms with Crippen LogP contribution in [-0.4, -0.2) is 53.0 Å². The number of nitrogens with zero attached hydrogens (tertiary/aromatic N) is 4. The third kappa shape index (κ3) is 5.52. The van der Waals surface area contributed by atoms with E-state index < -0.39 is 48.3 Å². The first-order valence-electron chi connectivity index (χ1n) is 13.4. The van der Waals surface area contributed by atoms with E-state index in [-0.39, 0.29) is 17.4 Å². The van der Waals surface area contributed by atoms with Gasteiger partial charge in [0.25, 0.3) is 5.56 Å². The average Bonchev–Trinajstić information content (AvgIpc) is 3.03. The predicted octanol–water partition coefficient (Wildman–Crippen LogP) is 4.37. The Balaban J connectivity index is 1.65. The lowest BCUT2D eigenvalue weighted by Crippen LogP contribution is -2.44. The van der Waals surface area contributed by atoms with Crippen molar-refractivity contribution < 1.29 is 22.7 Å². The highest BCUT2D eigenvalue weighted by molar-refractivity contribution is 5.80. The van der Waals surface area contributed by atoms with Crippen LogP contribution in [0.15, 0.2) is 70.3 Å². The first-order chi connectivity index (χ1) is 20.4. The number of benzene rings is 3. The van der Waals surface area contributed by atoms with Crippen molar-refractivity contribution in [3.8, 4) is 22.9 Å². The smallest absolute Gasteiger partial charge is 0.332 e. The molecule has 42 heavy (non-hydrogen) atoms. The number of carbonyl (C=O) groups excluding carboxylic acids is 1. The molecule has 0 aliphatic carbocycles. The van der Waals surface area contributed by atoms with Crippen LogP contribution >= 0.6 is 0 Å². The predicted molar refractivity (Wildman–Crippen MR) is 150 cm³/mol. The molecule has 0 unspecified atom stereocenters. The maximum Gasteiger partial charge on any atom is 0.332 e. The minimum atomic E-state index is -1.55. The minimum Gasteiger partial charge on any atom is -0.482 e. The molecule has 0 spiro atoms. The zero-order chi connectivity index (χ0) is 29.8. The first kappa shape index (κ1) is 28.7. The average molecular weight is 577 g/mol. The van der Waals surface area contributed by atoms with Crippen LogP contribution in [0.5, 0.6) is 5.75 Å². The molecule has 4 aromatic rings. The number of hydrogen-bond donors (Lipinski definition) is 0. The van der Waals surface area contributed by atoms with E-state index in [0.717, 1.165) is 28.7 Å². The molecular weight excluding hydrogens is 549 g/mol. The molecule has 1 aliphatic rings. The summed E-state index contributed by atoms with van der Waals surface area (Å²) in [5, 5.41) is 9.76.